The number of hydrogen-bond donors (Lipinski definition) is 0. The molecule has 208 valence electrons. The van der Waals surface area contributed by atoms with Gasteiger partial charge in [0.2, 0.25) is 0 Å². The first-order chi connectivity index (χ1) is 20.5. The lowest BCUT2D eigenvalue weighted by molar-refractivity contribution is 0.304. The van der Waals surface area contributed by atoms with Crippen molar-refractivity contribution in [3.63, 3.8) is 0 Å². The Labute approximate surface area is 265 Å². The Morgan fingerprint density at radius 1 is 0.976 bits per heavy atom. The molecule has 1 aliphatic carbocycles. The third-order valence-corrected chi connectivity index (χ3v) is 9.88. The summed E-state index contributed by atoms with van der Waals surface area (Å²) in [7, 11) is 0. The number of aromatic nitrogens is 1. The second-order valence-corrected chi connectivity index (χ2v) is 12.9. The maximum absolute atomic E-state index is 14.0. The minimum atomic E-state index is -0.239. The first-order valence-corrected chi connectivity index (χ1v) is 15.9. The van der Waals surface area contributed by atoms with Crippen LogP contribution in [0.5, 0.6) is 5.75 Å². The fourth-order valence-electron chi connectivity index (χ4n) is 5.61. The molecule has 4 aromatic carbocycles. The normalized spacial score (nSPS) is 16.0. The van der Waals surface area contributed by atoms with Crippen LogP contribution in [0.25, 0.3) is 11.8 Å². The highest BCUT2D eigenvalue weighted by Crippen LogP contribution is 2.41. The van der Waals surface area contributed by atoms with Gasteiger partial charge in [0, 0.05) is 21.2 Å². The predicted molar refractivity (Wildman–Crippen MR) is 174 cm³/mol. The van der Waals surface area contributed by atoms with Gasteiger partial charge in [0.1, 0.15) is 12.4 Å². The van der Waals surface area contributed by atoms with Crippen molar-refractivity contribution in [1.82, 2.24) is 4.57 Å². The Hall–Kier alpha value is -3.42. The minimum absolute atomic E-state index is 0.0562. The van der Waals surface area contributed by atoms with Crippen LogP contribution in [-0.4, -0.2) is 4.57 Å². The third-order valence-electron chi connectivity index (χ3n) is 7.65. The van der Waals surface area contributed by atoms with E-state index in [1.54, 1.807) is 0 Å². The lowest BCUT2D eigenvalue weighted by Crippen LogP contribution is -2.38. The molecule has 0 fully saturated rings. The number of aryl methyl sites for hydroxylation is 1. The van der Waals surface area contributed by atoms with E-state index in [0.717, 1.165) is 50.8 Å². The summed E-state index contributed by atoms with van der Waals surface area (Å²) in [5.41, 5.74) is 7.34. The number of benzene rings is 4. The van der Waals surface area contributed by atoms with Gasteiger partial charge in [0.25, 0.3) is 5.56 Å². The van der Waals surface area contributed by atoms with Gasteiger partial charge in [-0.2, -0.15) is 0 Å². The second kappa shape index (κ2) is 11.3. The Kier molecular flexibility index (Phi) is 7.40. The zero-order valence-electron chi connectivity index (χ0n) is 22.2. The fourth-order valence-corrected chi connectivity index (χ4v) is 7.44. The molecule has 42 heavy (non-hydrogen) atoms. The van der Waals surface area contributed by atoms with Crippen LogP contribution in [0.4, 0.5) is 0 Å². The van der Waals surface area contributed by atoms with Gasteiger partial charge in [-0.1, -0.05) is 95.2 Å². The Morgan fingerprint density at radius 2 is 1.76 bits per heavy atom. The molecular formula is C34H23BrCl2N2O2S. The highest BCUT2D eigenvalue weighted by molar-refractivity contribution is 9.10. The molecule has 7 rings (SSSR count). The molecule has 0 bridgehead atoms. The second-order valence-electron chi connectivity index (χ2n) is 10.2. The van der Waals surface area contributed by atoms with Crippen LogP contribution < -0.4 is 19.6 Å². The predicted octanol–water partition coefficient (Wildman–Crippen LogP) is 7.97. The van der Waals surface area contributed by atoms with Gasteiger partial charge >= 0.3 is 0 Å². The molecule has 0 amide bonds. The third kappa shape index (κ3) is 5.07. The van der Waals surface area contributed by atoms with Crippen LogP contribution >= 0.6 is 50.5 Å². The van der Waals surface area contributed by atoms with Gasteiger partial charge < -0.3 is 4.74 Å². The summed E-state index contributed by atoms with van der Waals surface area (Å²) in [5, 5.41) is 1.34. The SMILES string of the molecule is O=c1/c(=C\c2ccc(OCc3ccccc3Cl)c(Br)c2)sc2n1[C@H](c1ccc(Cl)cc1)C1=C(N=2)c2ccccc2CC1. The average molecular weight is 674 g/mol. The summed E-state index contributed by atoms with van der Waals surface area (Å²) in [4.78, 5) is 19.8. The summed E-state index contributed by atoms with van der Waals surface area (Å²) >= 11 is 17.6. The van der Waals surface area contributed by atoms with E-state index in [1.165, 1.54) is 16.9 Å². The molecule has 4 nitrogen and oxygen atoms in total. The van der Waals surface area contributed by atoms with E-state index in [9.17, 15) is 4.79 Å². The molecule has 1 aromatic heterocycles. The monoisotopic (exact) mass is 672 g/mol. The number of ether oxygens (including phenoxy) is 1. The Bertz CT molecular complexity index is 2060. The summed E-state index contributed by atoms with van der Waals surface area (Å²) in [6.07, 6.45) is 3.68. The van der Waals surface area contributed by atoms with E-state index < -0.39 is 0 Å². The van der Waals surface area contributed by atoms with Gasteiger partial charge in [-0.15, -0.1) is 0 Å². The molecule has 0 saturated carbocycles. The van der Waals surface area contributed by atoms with Crippen LogP contribution in [0.15, 0.2) is 111 Å². The molecule has 2 heterocycles. The van der Waals surface area contributed by atoms with E-state index in [0.29, 0.717) is 31.7 Å². The Balaban J connectivity index is 1.29. The number of rotatable bonds is 5. The smallest absolute Gasteiger partial charge is 0.271 e. The highest BCUT2D eigenvalue weighted by atomic mass is 79.9. The largest absolute Gasteiger partial charge is 0.488 e. The summed E-state index contributed by atoms with van der Waals surface area (Å²) in [6.45, 7) is 0.356. The molecule has 0 unspecified atom stereocenters. The van der Waals surface area contributed by atoms with Gasteiger partial charge in [0.05, 0.1) is 20.7 Å². The first-order valence-electron chi connectivity index (χ1n) is 13.5. The number of halogens is 3. The standard InChI is InChI=1S/C34H23BrCl2N2O2S/c35-27-17-20(9-16-29(27)41-19-23-6-2-4-8-28(23)37)18-30-33(40)39-32(22-10-13-24(36)14-11-22)26-15-12-21-5-1-3-7-25(21)31(26)38-34(39)42-30/h1-11,13-14,16-18,32H,12,15,19H2/b30-18+/t32-/m1/s1. The Morgan fingerprint density at radius 3 is 2.57 bits per heavy atom. The van der Waals surface area contributed by atoms with Crippen molar-refractivity contribution in [2.24, 2.45) is 4.99 Å². The van der Waals surface area contributed by atoms with Crippen LogP contribution in [0.3, 0.4) is 0 Å². The topological polar surface area (TPSA) is 43.6 Å². The van der Waals surface area contributed by atoms with Gasteiger partial charge in [0.15, 0.2) is 4.80 Å². The van der Waals surface area contributed by atoms with E-state index >= 15 is 0 Å². The lowest BCUT2D eigenvalue weighted by Gasteiger charge is -2.30. The van der Waals surface area contributed by atoms with Crippen molar-refractivity contribution < 1.29 is 4.74 Å². The summed E-state index contributed by atoms with van der Waals surface area (Å²) in [5.74, 6) is 0.697. The fraction of sp³-hybridized carbons (Fsp3) is 0.118. The maximum atomic E-state index is 14.0. The van der Waals surface area contributed by atoms with Crippen LogP contribution in [0.2, 0.25) is 10.0 Å². The summed E-state index contributed by atoms with van der Waals surface area (Å²) in [6, 6.07) is 29.4. The highest BCUT2D eigenvalue weighted by Gasteiger charge is 2.32. The number of thiazole rings is 1. The van der Waals surface area contributed by atoms with Crippen molar-refractivity contribution in [2.45, 2.75) is 25.5 Å². The minimum Gasteiger partial charge on any atom is -0.488 e. The van der Waals surface area contributed by atoms with Gasteiger partial charge in [-0.25, -0.2) is 4.99 Å². The lowest BCUT2D eigenvalue weighted by atomic mass is 9.83. The molecule has 1 aliphatic heterocycles. The number of hydrogen-bond acceptors (Lipinski definition) is 4. The summed E-state index contributed by atoms with van der Waals surface area (Å²) < 4.78 is 9.28. The zero-order valence-corrected chi connectivity index (χ0v) is 26.1. The molecule has 1 atom stereocenters. The van der Waals surface area contributed by atoms with E-state index in [1.807, 2.05) is 77.4 Å². The van der Waals surface area contributed by atoms with Crippen molar-refractivity contribution in [3.8, 4) is 5.75 Å². The molecule has 0 spiro atoms. The average Bonchev–Trinajstić information content (AvgIpc) is 3.31. The molecule has 2 aliphatic rings. The van der Waals surface area contributed by atoms with Crippen molar-refractivity contribution in [1.29, 1.82) is 0 Å². The van der Waals surface area contributed by atoms with E-state index in [-0.39, 0.29) is 11.6 Å². The van der Waals surface area contributed by atoms with Gasteiger partial charge in [-0.05, 0) is 87.4 Å². The number of fused-ring (bicyclic) bond motifs is 3. The molecule has 0 saturated heterocycles. The van der Waals surface area contributed by atoms with E-state index in [2.05, 4.69) is 40.2 Å². The van der Waals surface area contributed by atoms with Crippen molar-refractivity contribution in [3.05, 3.63) is 159 Å². The zero-order chi connectivity index (χ0) is 28.8. The van der Waals surface area contributed by atoms with Crippen LogP contribution in [0.1, 0.15) is 40.3 Å². The molecule has 0 radical (unpaired) electrons. The number of nitrogens with zero attached hydrogens (tertiary/aromatic N) is 2. The molecule has 0 N–H and O–H groups in total. The van der Waals surface area contributed by atoms with E-state index in [4.69, 9.17) is 32.9 Å². The first kappa shape index (κ1) is 27.4. The quantitative estimate of drug-likeness (QED) is 0.190. The number of allylic oxidation sites excluding steroid dienone is 1. The molecule has 5 aromatic rings. The molecular weight excluding hydrogens is 651 g/mol. The van der Waals surface area contributed by atoms with Crippen molar-refractivity contribution in [2.75, 3.05) is 0 Å². The van der Waals surface area contributed by atoms with Gasteiger partial charge in [-0.3, -0.25) is 9.36 Å². The maximum Gasteiger partial charge on any atom is 0.271 e. The molecule has 8 heteroatoms. The van der Waals surface area contributed by atoms with Crippen LogP contribution in [0, 0.1) is 0 Å². The van der Waals surface area contributed by atoms with Crippen LogP contribution in [-0.2, 0) is 13.0 Å². The van der Waals surface area contributed by atoms with Crippen molar-refractivity contribution >= 4 is 62.2 Å².